The largest absolute Gasteiger partial charge is 0.207 e. The molecule has 28 heavy (non-hydrogen) atoms. The molecular formula is C25H17F3. The number of hydrogen-bond acceptors (Lipinski definition) is 0. The first-order valence-electron chi connectivity index (χ1n) is 8.94. The third-order valence-electron chi connectivity index (χ3n) is 4.71. The molecule has 0 atom stereocenters. The van der Waals surface area contributed by atoms with E-state index >= 15 is 0 Å². The number of hydrogen-bond donors (Lipinski definition) is 0. The Kier molecular flexibility index (Phi) is 4.74. The maximum Gasteiger partial charge on any atom is 0.136 e. The van der Waals surface area contributed by atoms with E-state index in [0.717, 1.165) is 22.3 Å². The van der Waals surface area contributed by atoms with Gasteiger partial charge in [-0.3, -0.25) is 0 Å². The molecule has 138 valence electrons. The zero-order valence-corrected chi connectivity index (χ0v) is 15.2. The summed E-state index contributed by atoms with van der Waals surface area (Å²) in [5.74, 6) is -2.76. The van der Waals surface area contributed by atoms with E-state index in [2.05, 4.69) is 6.07 Å². The standard InChI is InChI=1S/C25H17F3/c1-16-5-2-6-17(11-16)18-7-3-8-19(12-18)20-9-4-10-21(13-20)25-23(27)14-22(26)15-24(25)28/h2-15H,1H3. The molecule has 0 unspecified atom stereocenters. The highest BCUT2D eigenvalue weighted by Gasteiger charge is 2.14. The number of aryl methyl sites for hydroxylation is 1. The van der Waals surface area contributed by atoms with Crippen molar-refractivity contribution in [3.05, 3.63) is 108 Å². The summed E-state index contributed by atoms with van der Waals surface area (Å²) in [7, 11) is 0. The molecule has 0 amide bonds. The lowest BCUT2D eigenvalue weighted by Gasteiger charge is -2.10. The van der Waals surface area contributed by atoms with Gasteiger partial charge in [-0.1, -0.05) is 66.2 Å². The first-order valence-corrected chi connectivity index (χ1v) is 8.94. The molecule has 0 bridgehead atoms. The summed E-state index contributed by atoms with van der Waals surface area (Å²) in [5, 5.41) is 0. The third-order valence-corrected chi connectivity index (χ3v) is 4.71. The molecular weight excluding hydrogens is 357 g/mol. The Morgan fingerprint density at radius 1 is 0.500 bits per heavy atom. The molecule has 0 nitrogen and oxygen atoms in total. The average Bonchev–Trinajstić information content (AvgIpc) is 2.68. The summed E-state index contributed by atoms with van der Waals surface area (Å²) >= 11 is 0. The second kappa shape index (κ2) is 7.35. The lowest BCUT2D eigenvalue weighted by atomic mass is 9.95. The van der Waals surface area contributed by atoms with E-state index in [4.69, 9.17) is 0 Å². The number of rotatable bonds is 3. The molecule has 4 rings (SSSR count). The van der Waals surface area contributed by atoms with E-state index in [9.17, 15) is 13.2 Å². The molecule has 0 heterocycles. The van der Waals surface area contributed by atoms with Crippen LogP contribution in [0.2, 0.25) is 0 Å². The first-order chi connectivity index (χ1) is 13.5. The normalized spacial score (nSPS) is 10.9. The number of benzene rings is 4. The van der Waals surface area contributed by atoms with Gasteiger partial charge in [0.15, 0.2) is 0 Å². The summed E-state index contributed by atoms with van der Waals surface area (Å²) in [6, 6.07) is 24.6. The highest BCUT2D eigenvalue weighted by molar-refractivity contribution is 5.77. The molecule has 0 fully saturated rings. The van der Waals surface area contributed by atoms with E-state index in [0.29, 0.717) is 17.7 Å². The molecule has 0 spiro atoms. The van der Waals surface area contributed by atoms with Gasteiger partial charge in [0.2, 0.25) is 0 Å². The van der Waals surface area contributed by atoms with E-state index < -0.39 is 17.5 Å². The second-order valence-corrected chi connectivity index (χ2v) is 6.78. The fourth-order valence-electron chi connectivity index (χ4n) is 3.38. The topological polar surface area (TPSA) is 0 Å². The Bertz CT molecular complexity index is 1140. The zero-order valence-electron chi connectivity index (χ0n) is 15.2. The van der Waals surface area contributed by atoms with Crippen LogP contribution in [0.25, 0.3) is 33.4 Å². The highest BCUT2D eigenvalue weighted by Crippen LogP contribution is 2.32. The monoisotopic (exact) mass is 374 g/mol. The smallest absolute Gasteiger partial charge is 0.136 e. The van der Waals surface area contributed by atoms with Gasteiger partial charge >= 0.3 is 0 Å². The van der Waals surface area contributed by atoms with Crippen LogP contribution in [0.15, 0.2) is 84.9 Å². The van der Waals surface area contributed by atoms with Crippen LogP contribution in [-0.2, 0) is 0 Å². The van der Waals surface area contributed by atoms with Crippen molar-refractivity contribution in [3.8, 4) is 33.4 Å². The first kappa shape index (κ1) is 18.1. The minimum absolute atomic E-state index is 0.224. The van der Waals surface area contributed by atoms with E-state index in [1.807, 2.05) is 55.5 Å². The molecule has 0 aromatic heterocycles. The van der Waals surface area contributed by atoms with Gasteiger partial charge in [0.05, 0.1) is 5.56 Å². The van der Waals surface area contributed by atoms with Gasteiger partial charge in [-0.2, -0.15) is 0 Å². The van der Waals surface area contributed by atoms with E-state index in [1.54, 1.807) is 18.2 Å². The summed E-state index contributed by atoms with van der Waals surface area (Å²) in [6.07, 6.45) is 0. The highest BCUT2D eigenvalue weighted by atomic mass is 19.1. The predicted octanol–water partition coefficient (Wildman–Crippen LogP) is 7.41. The van der Waals surface area contributed by atoms with Gasteiger partial charge in [-0.25, -0.2) is 13.2 Å². The summed E-state index contributed by atoms with van der Waals surface area (Å²) in [6.45, 7) is 2.04. The predicted molar refractivity (Wildman–Crippen MR) is 107 cm³/mol. The Balaban J connectivity index is 1.78. The van der Waals surface area contributed by atoms with Crippen LogP contribution in [0.1, 0.15) is 5.56 Å². The van der Waals surface area contributed by atoms with Gasteiger partial charge < -0.3 is 0 Å². The fraction of sp³-hybridized carbons (Fsp3) is 0.0400. The van der Waals surface area contributed by atoms with Crippen LogP contribution in [0.4, 0.5) is 13.2 Å². The van der Waals surface area contributed by atoms with E-state index in [-0.39, 0.29) is 5.56 Å². The van der Waals surface area contributed by atoms with Gasteiger partial charge in [0.25, 0.3) is 0 Å². The van der Waals surface area contributed by atoms with E-state index in [1.165, 1.54) is 5.56 Å². The van der Waals surface area contributed by atoms with Gasteiger partial charge in [-0.15, -0.1) is 0 Å². The molecule has 3 heteroatoms. The lowest BCUT2D eigenvalue weighted by molar-refractivity contribution is 0.548. The molecule has 0 saturated carbocycles. The Morgan fingerprint density at radius 2 is 0.929 bits per heavy atom. The van der Waals surface area contributed by atoms with Gasteiger partial charge in [0.1, 0.15) is 17.5 Å². The van der Waals surface area contributed by atoms with Crippen molar-refractivity contribution < 1.29 is 13.2 Å². The molecule has 0 aliphatic carbocycles. The van der Waals surface area contributed by atoms with Crippen LogP contribution in [-0.4, -0.2) is 0 Å². The summed E-state index contributed by atoms with van der Waals surface area (Å²) < 4.78 is 41.6. The van der Waals surface area contributed by atoms with Crippen LogP contribution in [0, 0.1) is 24.4 Å². The van der Waals surface area contributed by atoms with Crippen molar-refractivity contribution in [2.24, 2.45) is 0 Å². The summed E-state index contributed by atoms with van der Waals surface area (Å²) in [4.78, 5) is 0. The molecule has 0 N–H and O–H groups in total. The Morgan fingerprint density at radius 3 is 1.46 bits per heavy atom. The Hall–Kier alpha value is -3.33. The second-order valence-electron chi connectivity index (χ2n) is 6.78. The average molecular weight is 374 g/mol. The van der Waals surface area contributed by atoms with Crippen LogP contribution in [0.3, 0.4) is 0 Å². The molecule has 4 aromatic carbocycles. The SMILES string of the molecule is Cc1cccc(-c2cccc(-c3cccc(-c4c(F)cc(F)cc4F)c3)c2)c1. The van der Waals surface area contributed by atoms with Gasteiger partial charge in [-0.05, 0) is 46.9 Å². The van der Waals surface area contributed by atoms with Crippen LogP contribution >= 0.6 is 0 Å². The summed E-state index contributed by atoms with van der Waals surface area (Å²) in [5.41, 5.74) is 5.25. The Labute approximate surface area is 161 Å². The van der Waals surface area contributed by atoms with Crippen molar-refractivity contribution in [3.63, 3.8) is 0 Å². The molecule has 0 aliphatic rings. The van der Waals surface area contributed by atoms with Crippen molar-refractivity contribution >= 4 is 0 Å². The van der Waals surface area contributed by atoms with Crippen molar-refractivity contribution in [2.45, 2.75) is 6.92 Å². The van der Waals surface area contributed by atoms with Crippen LogP contribution in [0.5, 0.6) is 0 Å². The van der Waals surface area contributed by atoms with Crippen LogP contribution < -0.4 is 0 Å². The quantitative estimate of drug-likeness (QED) is 0.350. The molecule has 0 saturated heterocycles. The van der Waals surface area contributed by atoms with Crippen molar-refractivity contribution in [1.29, 1.82) is 0 Å². The van der Waals surface area contributed by atoms with Crippen molar-refractivity contribution in [2.75, 3.05) is 0 Å². The molecule has 4 aromatic rings. The molecule has 0 aliphatic heterocycles. The maximum absolute atomic E-state index is 14.2. The maximum atomic E-state index is 14.2. The molecule has 0 radical (unpaired) electrons. The van der Waals surface area contributed by atoms with Gasteiger partial charge in [0, 0.05) is 12.1 Å². The zero-order chi connectivity index (χ0) is 19.7. The fourth-order valence-corrected chi connectivity index (χ4v) is 3.38. The van der Waals surface area contributed by atoms with Crippen molar-refractivity contribution in [1.82, 2.24) is 0 Å². The number of halogens is 3. The third kappa shape index (κ3) is 3.56. The minimum atomic E-state index is -0.930. The minimum Gasteiger partial charge on any atom is -0.207 e. The lowest BCUT2D eigenvalue weighted by Crippen LogP contribution is -1.93.